The highest BCUT2D eigenvalue weighted by molar-refractivity contribution is 7.08. The Kier molecular flexibility index (Phi) is 16.2. The number of carbonyl (C=O) groups excluding carboxylic acids is 1. The Hall–Kier alpha value is -0.989. The summed E-state index contributed by atoms with van der Waals surface area (Å²) in [6.45, 7) is 45.4. The molecular formula is C31H62O3Si6. The van der Waals surface area contributed by atoms with Crippen molar-refractivity contribution in [1.29, 1.82) is 0 Å². The Balaban J connectivity index is 4.53. The van der Waals surface area contributed by atoms with E-state index in [0.717, 1.165) is 24.9 Å². The largest absolute Gasteiger partial charge is 0.508 e. The third kappa shape index (κ3) is 14.8. The van der Waals surface area contributed by atoms with E-state index in [1.54, 1.807) is 0 Å². The number of rotatable bonds is 22. The second-order valence-electron chi connectivity index (χ2n) is 15.0. The molecule has 9 heteroatoms. The minimum Gasteiger partial charge on any atom is -0.434 e. The van der Waals surface area contributed by atoms with Crippen LogP contribution in [0.5, 0.6) is 0 Å². The highest BCUT2D eigenvalue weighted by atomic mass is 28.4. The van der Waals surface area contributed by atoms with Gasteiger partial charge in [-0.15, -0.1) is 39.5 Å². The molecular weight excluding hydrogens is 589 g/mol. The van der Waals surface area contributed by atoms with Crippen LogP contribution in [-0.4, -0.2) is 67.8 Å². The lowest BCUT2D eigenvalue weighted by atomic mass is 10.5. The predicted octanol–water partition coefficient (Wildman–Crippen LogP) is 10.2. The van der Waals surface area contributed by atoms with Gasteiger partial charge < -0.3 is 9.47 Å². The van der Waals surface area contributed by atoms with Crippen LogP contribution in [0.3, 0.4) is 0 Å². The zero-order chi connectivity index (χ0) is 31.3. The van der Waals surface area contributed by atoms with Gasteiger partial charge in [0, 0.05) is 32.3 Å². The quantitative estimate of drug-likeness (QED) is 0.0664. The Bertz CT molecular complexity index is 778. The van der Waals surface area contributed by atoms with Crippen LogP contribution in [0.1, 0.15) is 12.8 Å². The molecule has 0 amide bonds. The first-order chi connectivity index (χ1) is 18.3. The second-order valence-corrected chi connectivity index (χ2v) is 45.8. The van der Waals surface area contributed by atoms with E-state index >= 15 is 0 Å². The van der Waals surface area contributed by atoms with E-state index in [2.05, 4.69) is 126 Å². The molecule has 0 spiro atoms. The summed E-state index contributed by atoms with van der Waals surface area (Å²) in [6.07, 6.45) is 1.31. The third-order valence-electron chi connectivity index (χ3n) is 8.20. The molecule has 0 N–H and O–H groups in total. The molecule has 0 fully saturated rings. The molecule has 0 rings (SSSR count). The lowest BCUT2D eigenvalue weighted by Gasteiger charge is -2.36. The van der Waals surface area contributed by atoms with Crippen LogP contribution < -0.4 is 0 Å². The summed E-state index contributed by atoms with van der Waals surface area (Å²) in [6, 6.07) is 2.32. The van der Waals surface area contributed by atoms with E-state index in [9.17, 15) is 4.79 Å². The average molecular weight is 651 g/mol. The van der Waals surface area contributed by atoms with E-state index in [1.807, 2.05) is 0 Å². The molecule has 0 saturated heterocycles. The van der Waals surface area contributed by atoms with Gasteiger partial charge in [-0.25, -0.2) is 4.79 Å². The van der Waals surface area contributed by atoms with E-state index in [0.29, 0.717) is 13.2 Å². The molecule has 3 nitrogen and oxygen atoms in total. The third-order valence-corrected chi connectivity index (χ3v) is 44.0. The van der Waals surface area contributed by atoms with Crippen molar-refractivity contribution < 1.29 is 14.3 Å². The minimum atomic E-state index is -1.78. The molecule has 0 aromatic carbocycles. The van der Waals surface area contributed by atoms with Crippen molar-refractivity contribution >= 4 is 54.6 Å². The van der Waals surface area contributed by atoms with Crippen LogP contribution >= 0.6 is 0 Å². The lowest BCUT2D eigenvalue weighted by Crippen LogP contribution is -2.46. The molecule has 228 valence electrons. The second kappa shape index (κ2) is 16.6. The fourth-order valence-electron chi connectivity index (χ4n) is 6.94. The molecule has 0 radical (unpaired) electrons. The van der Waals surface area contributed by atoms with Crippen molar-refractivity contribution in [2.75, 3.05) is 13.2 Å². The summed E-state index contributed by atoms with van der Waals surface area (Å²) >= 11 is 0. The number of hydrogen-bond acceptors (Lipinski definition) is 3. The van der Waals surface area contributed by atoms with Crippen molar-refractivity contribution in [2.24, 2.45) is 0 Å². The molecule has 0 atom stereocenters. The maximum atomic E-state index is 12.2. The molecule has 0 aromatic rings. The van der Waals surface area contributed by atoms with Gasteiger partial charge in [0.05, 0.1) is 13.2 Å². The number of carbonyl (C=O) groups is 1. The maximum absolute atomic E-state index is 12.2. The topological polar surface area (TPSA) is 35.5 Å². The van der Waals surface area contributed by atoms with Crippen LogP contribution in [-0.2, 0) is 9.47 Å². The van der Waals surface area contributed by atoms with E-state index in [-0.39, 0.29) is 0 Å². The lowest BCUT2D eigenvalue weighted by molar-refractivity contribution is 0.0553. The first-order valence-electron chi connectivity index (χ1n) is 14.9. The molecule has 0 heterocycles. The van der Waals surface area contributed by atoms with Gasteiger partial charge in [-0.1, -0.05) is 121 Å². The maximum Gasteiger partial charge on any atom is 0.508 e. The van der Waals surface area contributed by atoms with Gasteiger partial charge >= 0.3 is 6.16 Å². The highest BCUT2D eigenvalue weighted by Crippen LogP contribution is 2.33. The molecule has 0 aliphatic rings. The monoisotopic (exact) mass is 650 g/mol. The molecule has 0 aliphatic carbocycles. The summed E-state index contributed by atoms with van der Waals surface area (Å²) in [5.74, 6) is 0. The Morgan fingerprint density at radius 3 is 1.02 bits per heavy atom. The predicted molar refractivity (Wildman–Crippen MR) is 198 cm³/mol. The van der Waals surface area contributed by atoms with Crippen molar-refractivity contribution in [2.45, 2.75) is 100.0 Å². The van der Waals surface area contributed by atoms with Crippen LogP contribution in [0.4, 0.5) is 4.79 Å². The summed E-state index contributed by atoms with van der Waals surface area (Å²) in [5, 5.41) is 0. The highest BCUT2D eigenvalue weighted by Gasteiger charge is 2.38. The van der Waals surface area contributed by atoms with Crippen LogP contribution in [0.2, 0.25) is 87.1 Å². The van der Waals surface area contributed by atoms with Gasteiger partial charge in [0.1, 0.15) is 16.1 Å². The van der Waals surface area contributed by atoms with Gasteiger partial charge in [0.15, 0.2) is 0 Å². The average Bonchev–Trinajstić information content (AvgIpc) is 2.85. The first kappa shape index (κ1) is 39.0. The normalized spacial score (nSPS) is 13.2. The van der Waals surface area contributed by atoms with E-state index < -0.39 is 54.6 Å². The first-order valence-corrected chi connectivity index (χ1v) is 33.4. The van der Waals surface area contributed by atoms with Gasteiger partial charge in [-0.3, -0.25) is 0 Å². The van der Waals surface area contributed by atoms with Crippen LogP contribution in [0, 0.1) is 0 Å². The minimum absolute atomic E-state index is 0.448. The van der Waals surface area contributed by atoms with Crippen LogP contribution in [0.15, 0.2) is 73.7 Å². The summed E-state index contributed by atoms with van der Waals surface area (Å²) < 4.78 is 10.9. The molecule has 0 bridgehead atoms. The zero-order valence-electron chi connectivity index (χ0n) is 27.5. The van der Waals surface area contributed by atoms with Crippen LogP contribution in [0.25, 0.3) is 0 Å². The number of ether oxygens (including phenoxy) is 2. The zero-order valence-corrected chi connectivity index (χ0v) is 33.5. The smallest absolute Gasteiger partial charge is 0.434 e. The van der Waals surface area contributed by atoms with Gasteiger partial charge in [-0.05, 0) is 12.8 Å². The standard InChI is InChI=1S/C31H62O3Si6/c1-15-39(16-2,17-3)29-37(11,12)27-35(7,8)25-21-23-33-31(32)34-24-22-26-36(9,10)28-38(13,14)30-40(18-4,19-5)20-6/h15-20H,1-6,21-30H2,7-14H3. The molecule has 0 aliphatic heterocycles. The Morgan fingerprint density at radius 1 is 0.500 bits per heavy atom. The molecule has 0 saturated carbocycles. The van der Waals surface area contributed by atoms with Gasteiger partial charge in [0.2, 0.25) is 0 Å². The van der Waals surface area contributed by atoms with Crippen molar-refractivity contribution in [1.82, 2.24) is 0 Å². The fourth-order valence-corrected chi connectivity index (χ4v) is 52.3. The molecule has 0 aromatic heterocycles. The Morgan fingerprint density at radius 2 is 0.775 bits per heavy atom. The van der Waals surface area contributed by atoms with Crippen molar-refractivity contribution in [3.8, 4) is 0 Å². The SMILES string of the molecule is C=C[Si](C=C)(C=C)C[Si](C)(C)C[Si](C)(C)CCCOC(=O)OCCC[Si](C)(C)C[Si](C)(C)C[Si](C=C)(C=C)C=C. The number of hydrogen-bond donors (Lipinski definition) is 0. The summed E-state index contributed by atoms with van der Waals surface area (Å²) in [4.78, 5) is 12.2. The van der Waals surface area contributed by atoms with E-state index in [1.165, 1.54) is 22.7 Å². The summed E-state index contributed by atoms with van der Waals surface area (Å²) in [7, 11) is -9.19. The fraction of sp³-hybridized carbons (Fsp3) is 0.581. The Labute approximate surface area is 254 Å². The van der Waals surface area contributed by atoms with E-state index in [4.69, 9.17) is 9.47 Å². The van der Waals surface area contributed by atoms with Crippen molar-refractivity contribution in [3.63, 3.8) is 0 Å². The van der Waals surface area contributed by atoms with Gasteiger partial charge in [0.25, 0.3) is 0 Å². The molecule has 0 unspecified atom stereocenters. The molecule has 40 heavy (non-hydrogen) atoms. The van der Waals surface area contributed by atoms with Gasteiger partial charge in [-0.2, -0.15) is 0 Å². The van der Waals surface area contributed by atoms with Crippen molar-refractivity contribution in [3.05, 3.63) is 73.7 Å². The summed E-state index contributed by atoms with van der Waals surface area (Å²) in [5.41, 5.74) is 17.9.